The number of nitrogens with two attached hydrogens (primary N) is 1. The number of amides is 1. The molecule has 3 saturated heterocycles. The van der Waals surface area contributed by atoms with E-state index >= 15 is 4.39 Å². The zero-order valence-electron chi connectivity index (χ0n) is 27.1. The summed E-state index contributed by atoms with van der Waals surface area (Å²) in [6, 6.07) is 6.44. The summed E-state index contributed by atoms with van der Waals surface area (Å²) >= 11 is 7.81. The van der Waals surface area contributed by atoms with Crippen LogP contribution in [-0.2, 0) is 4.79 Å². The number of aromatic nitrogens is 2. The molecule has 2 aromatic heterocycles. The predicted molar refractivity (Wildman–Crippen MR) is 184 cm³/mol. The molecular weight excluding hydrogens is 675 g/mol. The molecule has 3 aliphatic heterocycles. The Morgan fingerprint density at radius 2 is 2.00 bits per heavy atom. The number of carbonyl (C=O) groups excluding carboxylic acids is 1. The second-order valence-electron chi connectivity index (χ2n) is 14.1. The molecular formula is C35H35ClF3N7O2S. The summed E-state index contributed by atoms with van der Waals surface area (Å²) < 4.78 is 52.1. The van der Waals surface area contributed by atoms with E-state index < -0.39 is 23.7 Å². The van der Waals surface area contributed by atoms with Crippen LogP contribution in [-0.4, -0.2) is 83.8 Å². The molecule has 0 bridgehead atoms. The van der Waals surface area contributed by atoms with E-state index in [0.29, 0.717) is 43.8 Å². The molecule has 1 saturated carbocycles. The lowest BCUT2D eigenvalue weighted by Gasteiger charge is -2.55. The van der Waals surface area contributed by atoms with Gasteiger partial charge in [0.1, 0.15) is 40.5 Å². The second-order valence-corrected chi connectivity index (χ2v) is 15.6. The number of benzene rings is 2. The zero-order valence-corrected chi connectivity index (χ0v) is 28.7. The number of alkyl halides is 1. The maximum atomic E-state index is 17.1. The van der Waals surface area contributed by atoms with Crippen molar-refractivity contribution in [3.63, 3.8) is 0 Å². The van der Waals surface area contributed by atoms with Crippen molar-refractivity contribution in [1.29, 1.82) is 5.26 Å². The molecule has 256 valence electrons. The van der Waals surface area contributed by atoms with Crippen molar-refractivity contribution in [3.05, 3.63) is 40.4 Å². The second kappa shape index (κ2) is 11.9. The van der Waals surface area contributed by atoms with Gasteiger partial charge in [-0.3, -0.25) is 9.69 Å². The van der Waals surface area contributed by atoms with Crippen LogP contribution in [0.4, 0.5) is 24.0 Å². The van der Waals surface area contributed by atoms with Crippen molar-refractivity contribution in [1.82, 2.24) is 19.8 Å². The molecule has 4 aliphatic rings. The molecule has 8 rings (SSSR count). The summed E-state index contributed by atoms with van der Waals surface area (Å²) in [4.78, 5) is 28.3. The number of carbonyl (C=O) groups is 1. The molecule has 9 nitrogen and oxygen atoms in total. The lowest BCUT2D eigenvalue weighted by molar-refractivity contribution is -0.145. The summed E-state index contributed by atoms with van der Waals surface area (Å²) in [5, 5.41) is 10.6. The van der Waals surface area contributed by atoms with E-state index in [1.54, 1.807) is 11.0 Å². The van der Waals surface area contributed by atoms with Crippen LogP contribution in [0.3, 0.4) is 0 Å². The van der Waals surface area contributed by atoms with Crippen molar-refractivity contribution in [2.24, 2.45) is 11.3 Å². The van der Waals surface area contributed by atoms with Gasteiger partial charge in [0.05, 0.1) is 21.2 Å². The number of hydrogen-bond acceptors (Lipinski definition) is 9. The molecule has 1 spiro atoms. The predicted octanol–water partition coefficient (Wildman–Crippen LogP) is 6.55. The molecule has 2 N–H and O–H groups in total. The van der Waals surface area contributed by atoms with Crippen molar-refractivity contribution in [3.8, 4) is 23.2 Å². The molecule has 4 atom stereocenters. The maximum Gasteiger partial charge on any atom is 0.319 e. The first-order valence-corrected chi connectivity index (χ1v) is 17.8. The first-order chi connectivity index (χ1) is 23.5. The summed E-state index contributed by atoms with van der Waals surface area (Å²) in [6.45, 7) is 5.18. The molecule has 1 unspecified atom stereocenters. The van der Waals surface area contributed by atoms with Gasteiger partial charge in [0.2, 0.25) is 5.91 Å². The third-order valence-corrected chi connectivity index (χ3v) is 12.1. The number of likely N-dealkylation sites (tertiary alicyclic amines) is 2. The van der Waals surface area contributed by atoms with E-state index in [0.717, 1.165) is 43.6 Å². The Kier molecular flexibility index (Phi) is 7.85. The zero-order chi connectivity index (χ0) is 34.4. The number of rotatable bonds is 6. The number of fused-ring (bicyclic) bond motifs is 2. The highest BCUT2D eigenvalue weighted by molar-refractivity contribution is 7.23. The normalized spacial score (nSPS) is 24.0. The first kappa shape index (κ1) is 32.4. The van der Waals surface area contributed by atoms with Gasteiger partial charge in [-0.15, -0.1) is 11.3 Å². The van der Waals surface area contributed by atoms with Gasteiger partial charge in [0.15, 0.2) is 5.82 Å². The minimum Gasteiger partial charge on any atom is -0.459 e. The summed E-state index contributed by atoms with van der Waals surface area (Å²) in [5.41, 5.74) is 6.14. The number of nitrogen functional groups attached to an aromatic ring is 1. The van der Waals surface area contributed by atoms with Gasteiger partial charge >= 0.3 is 6.01 Å². The first-order valence-electron chi connectivity index (χ1n) is 16.6. The van der Waals surface area contributed by atoms with E-state index in [9.17, 15) is 18.8 Å². The molecule has 49 heavy (non-hydrogen) atoms. The van der Waals surface area contributed by atoms with Crippen LogP contribution in [0, 0.1) is 34.3 Å². The van der Waals surface area contributed by atoms with Crippen molar-refractivity contribution in [2.75, 3.05) is 50.4 Å². The van der Waals surface area contributed by atoms with E-state index in [4.69, 9.17) is 27.1 Å². The molecule has 4 aromatic rings. The molecule has 4 fully saturated rings. The number of nitrogens with zero attached hydrogens (tertiary/aromatic N) is 6. The van der Waals surface area contributed by atoms with Crippen molar-refractivity contribution < 1.29 is 22.7 Å². The van der Waals surface area contributed by atoms with Crippen LogP contribution in [0.25, 0.3) is 32.1 Å². The Balaban J connectivity index is 1.23. The quantitative estimate of drug-likeness (QED) is 0.240. The fraction of sp³-hybridized carbons (Fsp3) is 0.486. The number of thiophene rings is 1. The van der Waals surface area contributed by atoms with E-state index in [2.05, 4.69) is 14.8 Å². The van der Waals surface area contributed by atoms with Crippen LogP contribution < -0.4 is 15.4 Å². The maximum absolute atomic E-state index is 17.1. The molecule has 1 amide bonds. The lowest BCUT2D eigenvalue weighted by atomic mass is 9.73. The fourth-order valence-corrected chi connectivity index (χ4v) is 9.45. The highest BCUT2D eigenvalue weighted by Crippen LogP contribution is 2.48. The van der Waals surface area contributed by atoms with E-state index in [1.807, 2.05) is 20.0 Å². The highest BCUT2D eigenvalue weighted by Gasteiger charge is 2.53. The Morgan fingerprint density at radius 3 is 2.69 bits per heavy atom. The average Bonchev–Trinajstić information content (AvgIpc) is 3.46. The Bertz CT molecular complexity index is 2060. The minimum atomic E-state index is -1.04. The van der Waals surface area contributed by atoms with E-state index in [1.165, 1.54) is 12.1 Å². The molecule has 5 heterocycles. The largest absolute Gasteiger partial charge is 0.459 e. The Morgan fingerprint density at radius 1 is 1.22 bits per heavy atom. The highest BCUT2D eigenvalue weighted by atomic mass is 35.5. The van der Waals surface area contributed by atoms with Crippen molar-refractivity contribution in [2.45, 2.75) is 57.3 Å². The molecule has 1 aliphatic carbocycles. The summed E-state index contributed by atoms with van der Waals surface area (Å²) in [6.07, 6.45) is 2.70. The SMILES string of the molecule is CC(Oc1nc(N2CCCC3(CN(C(=O)[C@@H]4C[C@H]4F)C3)C2)c2cc(Cl)c(-c3ccc(F)c4sc(N)c(C#N)c34)c(F)c2n1)[C@@H]1CCCN1C. The lowest BCUT2D eigenvalue weighted by Crippen LogP contribution is -2.64. The van der Waals surface area contributed by atoms with Gasteiger partial charge in [-0.1, -0.05) is 17.7 Å². The van der Waals surface area contributed by atoms with Gasteiger partial charge in [-0.25, -0.2) is 13.2 Å². The topological polar surface area (TPSA) is 112 Å². The van der Waals surface area contributed by atoms with Crippen LogP contribution in [0.15, 0.2) is 18.2 Å². The van der Waals surface area contributed by atoms with Crippen LogP contribution in [0.1, 0.15) is 44.6 Å². The molecule has 2 aromatic carbocycles. The summed E-state index contributed by atoms with van der Waals surface area (Å²) in [5.74, 6) is -1.48. The van der Waals surface area contributed by atoms with Crippen LogP contribution in [0.5, 0.6) is 6.01 Å². The number of halogens is 4. The van der Waals surface area contributed by atoms with Gasteiger partial charge in [0, 0.05) is 54.0 Å². The van der Waals surface area contributed by atoms with Crippen LogP contribution >= 0.6 is 22.9 Å². The van der Waals surface area contributed by atoms with Gasteiger partial charge in [-0.2, -0.15) is 15.2 Å². The number of ether oxygens (including phenoxy) is 1. The number of nitriles is 1. The fourth-order valence-electron chi connectivity index (χ4n) is 8.20. The monoisotopic (exact) mass is 709 g/mol. The third-order valence-electron chi connectivity index (χ3n) is 10.8. The smallest absolute Gasteiger partial charge is 0.319 e. The van der Waals surface area contributed by atoms with E-state index in [-0.39, 0.29) is 71.8 Å². The molecule has 0 radical (unpaired) electrons. The van der Waals surface area contributed by atoms with Gasteiger partial charge < -0.3 is 20.3 Å². The van der Waals surface area contributed by atoms with Gasteiger partial charge in [0.25, 0.3) is 0 Å². The number of likely N-dealkylation sites (N-methyl/N-ethyl adjacent to an activating group) is 1. The van der Waals surface area contributed by atoms with Crippen molar-refractivity contribution >= 4 is 60.7 Å². The van der Waals surface area contributed by atoms with Crippen LogP contribution in [0.2, 0.25) is 5.02 Å². The minimum absolute atomic E-state index is 0.0154. The Labute approximate surface area is 290 Å². The number of hydrogen-bond donors (Lipinski definition) is 1. The summed E-state index contributed by atoms with van der Waals surface area (Å²) in [7, 11) is 2.05. The standard InChI is InChI=1S/C35H35ClF3N7O2S/c1-17(25-5-3-9-44(25)2)48-34-42-29-20(32(43-34)45-10-4-8-35(14-45)15-46(16-35)33(47)19-12-24(19)38)11-22(36)27(28(29)39)18-6-7-23(37)30-26(18)21(13-40)31(41)49-30/h6-7,11,17,19,24-25H,3-5,8-10,12,14-16,41H2,1-2H3/t17?,19-,24-,25+/m1/s1. The molecule has 14 heteroatoms. The Hall–Kier alpha value is -3.86. The number of anilines is 2. The third kappa shape index (κ3) is 5.34. The van der Waals surface area contributed by atoms with Gasteiger partial charge in [-0.05, 0) is 70.3 Å². The number of piperidine rings is 1. The average molecular weight is 710 g/mol.